The van der Waals surface area contributed by atoms with E-state index in [1.54, 1.807) is 6.07 Å². The molecule has 1 amide bonds. The maximum absolute atomic E-state index is 13.0. The monoisotopic (exact) mass is 303 g/mol. The normalized spacial score (nSPS) is 11.6. The molecule has 0 aliphatic heterocycles. The number of rotatable bonds is 7. The second-order valence-corrected chi connectivity index (χ2v) is 5.28. The van der Waals surface area contributed by atoms with Crippen LogP contribution < -0.4 is 10.1 Å². The van der Waals surface area contributed by atoms with Gasteiger partial charge in [0.05, 0.1) is 12.2 Å². The molecule has 0 unspecified atom stereocenters. The van der Waals surface area contributed by atoms with Crippen LogP contribution in [0.3, 0.4) is 0 Å². The highest BCUT2D eigenvalue weighted by atomic mass is 19.4. The molecule has 21 heavy (non-hydrogen) atoms. The first-order valence-electron chi connectivity index (χ1n) is 6.76. The van der Waals surface area contributed by atoms with Crippen LogP contribution in [0.15, 0.2) is 12.1 Å². The number of carbonyl (C=O) groups is 1. The number of ether oxygens (including phenoxy) is 1. The van der Waals surface area contributed by atoms with Crippen LogP contribution in [0.25, 0.3) is 0 Å². The van der Waals surface area contributed by atoms with Gasteiger partial charge in [0.15, 0.2) is 0 Å². The molecule has 0 spiro atoms. The second kappa shape index (κ2) is 7.33. The Bertz CT molecular complexity index is 485. The van der Waals surface area contributed by atoms with Crippen LogP contribution in [-0.4, -0.2) is 13.0 Å². The molecular weight excluding hydrogens is 283 g/mol. The summed E-state index contributed by atoms with van der Waals surface area (Å²) in [4.78, 5) is 10.3. The van der Waals surface area contributed by atoms with E-state index in [-0.39, 0.29) is 17.9 Å². The lowest BCUT2D eigenvalue weighted by atomic mass is 10.0. The van der Waals surface area contributed by atoms with Crippen molar-refractivity contribution in [2.75, 3.05) is 6.61 Å². The molecule has 0 radical (unpaired) electrons. The van der Waals surface area contributed by atoms with Crippen LogP contribution in [0, 0.1) is 12.8 Å². The first-order valence-corrected chi connectivity index (χ1v) is 6.76. The molecule has 0 bridgehead atoms. The topological polar surface area (TPSA) is 38.3 Å². The van der Waals surface area contributed by atoms with Crippen molar-refractivity contribution in [1.82, 2.24) is 5.32 Å². The van der Waals surface area contributed by atoms with E-state index in [2.05, 4.69) is 5.32 Å². The Hall–Kier alpha value is -1.72. The number of amides is 1. The Morgan fingerprint density at radius 3 is 2.52 bits per heavy atom. The third-order valence-electron chi connectivity index (χ3n) is 3.13. The summed E-state index contributed by atoms with van der Waals surface area (Å²) in [6.07, 6.45) is -3.23. The van der Waals surface area contributed by atoms with Crippen LogP contribution in [0.5, 0.6) is 5.75 Å². The molecule has 0 saturated carbocycles. The van der Waals surface area contributed by atoms with Gasteiger partial charge in [0.2, 0.25) is 6.41 Å². The lowest BCUT2D eigenvalue weighted by Crippen LogP contribution is -2.15. The summed E-state index contributed by atoms with van der Waals surface area (Å²) in [7, 11) is 0. The summed E-state index contributed by atoms with van der Waals surface area (Å²) in [5.74, 6) is 0.588. The standard InChI is InChI=1S/C15H20F3NO2/c1-10(2)4-5-21-13-6-12(8-19-9-20)11(3)14(7-13)15(16,17)18/h6-7,9-10H,4-5,8H2,1-3H3,(H,19,20). The maximum atomic E-state index is 13.0. The number of hydrogen-bond acceptors (Lipinski definition) is 2. The van der Waals surface area contributed by atoms with Crippen molar-refractivity contribution in [3.8, 4) is 5.75 Å². The molecule has 1 aromatic carbocycles. The Labute approximate surface area is 122 Å². The van der Waals surface area contributed by atoms with Gasteiger partial charge in [-0.2, -0.15) is 13.2 Å². The zero-order valence-corrected chi connectivity index (χ0v) is 12.4. The highest BCUT2D eigenvalue weighted by Crippen LogP contribution is 2.36. The molecule has 0 aliphatic carbocycles. The summed E-state index contributed by atoms with van der Waals surface area (Å²) in [6, 6.07) is 2.56. The van der Waals surface area contributed by atoms with Crippen molar-refractivity contribution in [2.24, 2.45) is 5.92 Å². The molecule has 1 rings (SSSR count). The quantitative estimate of drug-likeness (QED) is 0.780. The number of benzene rings is 1. The van der Waals surface area contributed by atoms with Crippen LogP contribution in [0.2, 0.25) is 0 Å². The maximum Gasteiger partial charge on any atom is 0.416 e. The molecule has 0 fully saturated rings. The van der Waals surface area contributed by atoms with E-state index in [0.717, 1.165) is 12.5 Å². The van der Waals surface area contributed by atoms with Crippen LogP contribution in [0.4, 0.5) is 13.2 Å². The van der Waals surface area contributed by atoms with Crippen molar-refractivity contribution < 1.29 is 22.7 Å². The van der Waals surface area contributed by atoms with E-state index >= 15 is 0 Å². The highest BCUT2D eigenvalue weighted by molar-refractivity contribution is 5.48. The van der Waals surface area contributed by atoms with E-state index in [0.29, 0.717) is 24.5 Å². The summed E-state index contributed by atoms with van der Waals surface area (Å²) < 4.78 is 44.5. The molecule has 3 nitrogen and oxygen atoms in total. The second-order valence-electron chi connectivity index (χ2n) is 5.28. The Balaban J connectivity index is 3.04. The molecule has 118 valence electrons. The Kier molecular flexibility index (Phi) is 6.05. The molecule has 1 aromatic rings. The van der Waals surface area contributed by atoms with Gasteiger partial charge >= 0.3 is 6.18 Å². The van der Waals surface area contributed by atoms with Gasteiger partial charge in [0, 0.05) is 6.54 Å². The fraction of sp³-hybridized carbons (Fsp3) is 0.533. The van der Waals surface area contributed by atoms with Gasteiger partial charge in [-0.3, -0.25) is 4.79 Å². The molecule has 6 heteroatoms. The summed E-state index contributed by atoms with van der Waals surface area (Å²) in [5.41, 5.74) is -0.225. The smallest absolute Gasteiger partial charge is 0.416 e. The average molecular weight is 303 g/mol. The lowest BCUT2D eigenvalue weighted by Gasteiger charge is -2.17. The SMILES string of the molecule is Cc1c(CNC=O)cc(OCCC(C)C)cc1C(F)(F)F. The van der Waals surface area contributed by atoms with Crippen molar-refractivity contribution >= 4 is 6.41 Å². The molecule has 0 saturated heterocycles. The number of nitrogens with one attached hydrogen (secondary N) is 1. The van der Waals surface area contributed by atoms with Crippen molar-refractivity contribution in [2.45, 2.75) is 39.9 Å². The summed E-state index contributed by atoms with van der Waals surface area (Å²) >= 11 is 0. The van der Waals surface area contributed by atoms with Crippen LogP contribution in [0.1, 0.15) is 37.0 Å². The largest absolute Gasteiger partial charge is 0.494 e. The summed E-state index contributed by atoms with van der Waals surface area (Å²) in [6.45, 7) is 5.82. The van der Waals surface area contributed by atoms with E-state index in [9.17, 15) is 18.0 Å². The minimum absolute atomic E-state index is 0.0415. The number of alkyl halides is 3. The highest BCUT2D eigenvalue weighted by Gasteiger charge is 2.33. The van der Waals surface area contributed by atoms with Crippen molar-refractivity contribution in [3.05, 3.63) is 28.8 Å². The van der Waals surface area contributed by atoms with Crippen LogP contribution >= 0.6 is 0 Å². The number of halogens is 3. The van der Waals surface area contributed by atoms with Gasteiger partial charge in [-0.1, -0.05) is 13.8 Å². The Morgan fingerprint density at radius 2 is 2.00 bits per heavy atom. The van der Waals surface area contributed by atoms with Crippen LogP contribution in [-0.2, 0) is 17.5 Å². The first-order chi connectivity index (χ1) is 9.75. The number of carbonyl (C=O) groups excluding carboxylic acids is 1. The average Bonchev–Trinajstić information content (AvgIpc) is 2.37. The zero-order valence-electron chi connectivity index (χ0n) is 12.4. The summed E-state index contributed by atoms with van der Waals surface area (Å²) in [5, 5.41) is 2.38. The van der Waals surface area contributed by atoms with E-state index in [1.165, 1.54) is 6.92 Å². The molecule has 1 N–H and O–H groups in total. The molecule has 0 heterocycles. The fourth-order valence-electron chi connectivity index (χ4n) is 1.87. The first kappa shape index (κ1) is 17.3. The Morgan fingerprint density at radius 1 is 1.33 bits per heavy atom. The van der Waals surface area contributed by atoms with Gasteiger partial charge in [-0.05, 0) is 42.5 Å². The third kappa shape index (κ3) is 5.28. The van der Waals surface area contributed by atoms with E-state index in [1.807, 2.05) is 13.8 Å². The predicted octanol–water partition coefficient (Wildman–Crippen LogP) is 3.68. The van der Waals surface area contributed by atoms with E-state index < -0.39 is 11.7 Å². The van der Waals surface area contributed by atoms with E-state index in [4.69, 9.17) is 4.74 Å². The van der Waals surface area contributed by atoms with Gasteiger partial charge < -0.3 is 10.1 Å². The number of hydrogen-bond donors (Lipinski definition) is 1. The predicted molar refractivity (Wildman–Crippen MR) is 74.0 cm³/mol. The molecule has 0 atom stereocenters. The fourth-order valence-corrected chi connectivity index (χ4v) is 1.87. The minimum Gasteiger partial charge on any atom is -0.494 e. The van der Waals surface area contributed by atoms with Crippen molar-refractivity contribution in [3.63, 3.8) is 0 Å². The lowest BCUT2D eigenvalue weighted by molar-refractivity contribution is -0.138. The van der Waals surface area contributed by atoms with Gasteiger partial charge in [-0.25, -0.2) is 0 Å². The third-order valence-corrected chi connectivity index (χ3v) is 3.13. The molecule has 0 aromatic heterocycles. The molecule has 0 aliphatic rings. The van der Waals surface area contributed by atoms with Gasteiger partial charge in [0.1, 0.15) is 5.75 Å². The zero-order chi connectivity index (χ0) is 16.0. The molecular formula is C15H20F3NO2. The van der Waals surface area contributed by atoms with Crippen molar-refractivity contribution in [1.29, 1.82) is 0 Å². The van der Waals surface area contributed by atoms with Gasteiger partial charge in [-0.15, -0.1) is 0 Å². The minimum atomic E-state index is -4.45. The van der Waals surface area contributed by atoms with Gasteiger partial charge in [0.25, 0.3) is 0 Å².